The van der Waals surface area contributed by atoms with Crippen molar-refractivity contribution in [3.8, 4) is 33.6 Å². The first kappa shape index (κ1) is 28.1. The van der Waals surface area contributed by atoms with Gasteiger partial charge in [0.25, 0.3) is 0 Å². The van der Waals surface area contributed by atoms with Crippen molar-refractivity contribution in [1.82, 2.24) is 29.5 Å². The Morgan fingerprint density at radius 2 is 1.73 bits per heavy atom. The number of carbonyl (C=O) groups excluding carboxylic acids is 1. The van der Waals surface area contributed by atoms with Gasteiger partial charge in [-0.3, -0.25) is 9.58 Å². The maximum absolute atomic E-state index is 12.1. The summed E-state index contributed by atoms with van der Waals surface area (Å²) >= 11 is 0. The Morgan fingerprint density at radius 3 is 2.39 bits per heavy atom. The second-order valence-electron chi connectivity index (χ2n) is 10.2. The molecule has 0 atom stereocenters. The van der Waals surface area contributed by atoms with Crippen LogP contribution in [0.2, 0.25) is 0 Å². The van der Waals surface area contributed by atoms with Crippen LogP contribution in [-0.4, -0.2) is 74.5 Å². The zero-order valence-corrected chi connectivity index (χ0v) is 24.1. The van der Waals surface area contributed by atoms with Gasteiger partial charge in [0.15, 0.2) is 0 Å². The molecule has 0 radical (unpaired) electrons. The van der Waals surface area contributed by atoms with Crippen molar-refractivity contribution >= 4 is 22.8 Å². The summed E-state index contributed by atoms with van der Waals surface area (Å²) in [5, 5.41) is 18.1. The van der Waals surface area contributed by atoms with Gasteiger partial charge < -0.3 is 20.3 Å². The van der Waals surface area contributed by atoms with Gasteiger partial charge in [-0.2, -0.15) is 5.10 Å². The molecule has 0 saturated carbocycles. The Bertz CT molecular complexity index is 1620. The zero-order chi connectivity index (χ0) is 28.9. The number of benzene rings is 2. The van der Waals surface area contributed by atoms with E-state index in [2.05, 4.69) is 70.6 Å². The molecule has 5 aromatic rings. The van der Waals surface area contributed by atoms with Crippen molar-refractivity contribution in [2.45, 2.75) is 26.9 Å². The van der Waals surface area contributed by atoms with Crippen LogP contribution in [-0.2, 0) is 13.1 Å². The van der Waals surface area contributed by atoms with E-state index in [9.17, 15) is 9.90 Å². The van der Waals surface area contributed by atoms with E-state index in [0.717, 1.165) is 70.0 Å². The van der Waals surface area contributed by atoms with Crippen molar-refractivity contribution in [2.75, 3.05) is 39.1 Å². The summed E-state index contributed by atoms with van der Waals surface area (Å²) in [4.78, 5) is 23.9. The lowest BCUT2D eigenvalue weighted by atomic mass is 10.00. The monoisotopic (exact) mass is 551 g/mol. The van der Waals surface area contributed by atoms with Crippen LogP contribution in [0.15, 0.2) is 73.1 Å². The van der Waals surface area contributed by atoms with Crippen molar-refractivity contribution in [3.63, 3.8) is 0 Å². The van der Waals surface area contributed by atoms with E-state index in [1.165, 1.54) is 10.5 Å². The largest absolute Gasteiger partial charge is 0.395 e. The standard InChI is InChI=1S/C32H37N7O2/c1-5-38(17-18-40)20-22-7-9-23(10-8-22)29-19-27-26(15-16-33-31(27)35-29)28-21-39(6-2)36-30(28)24-11-13-25(14-12-24)34-32(41)37(3)4/h7-16,19,21,40H,5-6,17-18,20H2,1-4H3,(H,33,35)(H,34,41). The summed E-state index contributed by atoms with van der Waals surface area (Å²) in [6, 6.07) is 20.3. The van der Waals surface area contributed by atoms with Crippen LogP contribution in [0.4, 0.5) is 10.5 Å². The molecule has 0 aliphatic rings. The third-order valence-electron chi connectivity index (χ3n) is 7.26. The number of fused-ring (bicyclic) bond motifs is 1. The smallest absolute Gasteiger partial charge is 0.321 e. The number of aromatic amines is 1. The average molecular weight is 552 g/mol. The summed E-state index contributed by atoms with van der Waals surface area (Å²) in [5.74, 6) is 0. The number of urea groups is 1. The van der Waals surface area contributed by atoms with E-state index in [1.807, 2.05) is 41.2 Å². The van der Waals surface area contributed by atoms with Gasteiger partial charge >= 0.3 is 6.03 Å². The molecule has 0 aliphatic carbocycles. The summed E-state index contributed by atoms with van der Waals surface area (Å²) in [6.07, 6.45) is 3.91. The van der Waals surface area contributed by atoms with Crippen LogP contribution in [0.5, 0.6) is 0 Å². The summed E-state index contributed by atoms with van der Waals surface area (Å²) in [5.41, 5.74) is 8.76. The number of aliphatic hydroxyl groups is 1. The molecule has 0 bridgehead atoms. The summed E-state index contributed by atoms with van der Waals surface area (Å²) < 4.78 is 1.95. The molecular formula is C32H37N7O2. The van der Waals surface area contributed by atoms with Gasteiger partial charge in [-0.1, -0.05) is 43.3 Å². The van der Waals surface area contributed by atoms with Crippen LogP contribution in [0.1, 0.15) is 19.4 Å². The molecule has 5 rings (SSSR count). The normalized spacial score (nSPS) is 11.4. The van der Waals surface area contributed by atoms with Gasteiger partial charge in [0, 0.05) is 74.0 Å². The number of hydrogen-bond donors (Lipinski definition) is 3. The Balaban J connectivity index is 1.47. The Hall–Kier alpha value is -4.47. The molecule has 41 heavy (non-hydrogen) atoms. The molecule has 3 heterocycles. The number of anilines is 1. The molecule has 0 aliphatic heterocycles. The first-order valence-electron chi connectivity index (χ1n) is 14.0. The molecule has 3 aromatic heterocycles. The molecule has 0 unspecified atom stereocenters. The topological polar surface area (TPSA) is 102 Å². The lowest BCUT2D eigenvalue weighted by Crippen LogP contribution is -2.27. The molecule has 212 valence electrons. The Kier molecular flexibility index (Phi) is 8.47. The van der Waals surface area contributed by atoms with Crippen LogP contribution >= 0.6 is 0 Å². The summed E-state index contributed by atoms with van der Waals surface area (Å²) in [7, 11) is 3.43. The van der Waals surface area contributed by atoms with E-state index >= 15 is 0 Å². The molecule has 2 amide bonds. The van der Waals surface area contributed by atoms with Crippen LogP contribution < -0.4 is 5.32 Å². The third-order valence-corrected chi connectivity index (χ3v) is 7.26. The highest BCUT2D eigenvalue weighted by atomic mass is 16.3. The minimum Gasteiger partial charge on any atom is -0.395 e. The fourth-order valence-electron chi connectivity index (χ4n) is 4.90. The van der Waals surface area contributed by atoms with Gasteiger partial charge in [0.05, 0.1) is 6.61 Å². The maximum Gasteiger partial charge on any atom is 0.321 e. The number of rotatable bonds is 10. The van der Waals surface area contributed by atoms with E-state index in [1.54, 1.807) is 14.1 Å². The number of H-pyrrole nitrogens is 1. The van der Waals surface area contributed by atoms with E-state index in [0.29, 0.717) is 6.54 Å². The SMILES string of the molecule is CCN(CCO)Cc1ccc(-c2cc3c(-c4cn(CC)nc4-c4ccc(NC(=O)N(C)C)cc4)ccnc3[nH]2)cc1. The van der Waals surface area contributed by atoms with Crippen molar-refractivity contribution in [1.29, 1.82) is 0 Å². The second-order valence-corrected chi connectivity index (χ2v) is 10.2. The number of aryl methyl sites for hydroxylation is 1. The van der Waals surface area contributed by atoms with Gasteiger partial charge in [0.2, 0.25) is 0 Å². The van der Waals surface area contributed by atoms with Gasteiger partial charge in [-0.25, -0.2) is 9.78 Å². The Labute approximate surface area is 240 Å². The highest BCUT2D eigenvalue weighted by Crippen LogP contribution is 2.37. The van der Waals surface area contributed by atoms with Crippen molar-refractivity contribution < 1.29 is 9.90 Å². The van der Waals surface area contributed by atoms with Crippen molar-refractivity contribution in [3.05, 3.63) is 78.6 Å². The number of hydrogen-bond acceptors (Lipinski definition) is 5. The van der Waals surface area contributed by atoms with Crippen molar-refractivity contribution in [2.24, 2.45) is 0 Å². The molecule has 9 heteroatoms. The number of amides is 2. The van der Waals surface area contributed by atoms with E-state index in [4.69, 9.17) is 5.10 Å². The predicted molar refractivity (Wildman–Crippen MR) is 165 cm³/mol. The second kappa shape index (κ2) is 12.4. The minimum absolute atomic E-state index is 0.162. The number of nitrogens with zero attached hydrogens (tertiary/aromatic N) is 5. The number of nitrogens with one attached hydrogen (secondary N) is 2. The molecule has 2 aromatic carbocycles. The Morgan fingerprint density at radius 1 is 1.00 bits per heavy atom. The molecule has 0 fully saturated rings. The number of carbonyl (C=O) groups is 1. The van der Waals surface area contributed by atoms with E-state index < -0.39 is 0 Å². The van der Waals surface area contributed by atoms with Crippen LogP contribution in [0, 0.1) is 0 Å². The third kappa shape index (κ3) is 6.16. The van der Waals surface area contributed by atoms with Gasteiger partial charge in [0.1, 0.15) is 11.3 Å². The lowest BCUT2D eigenvalue weighted by molar-refractivity contribution is 0.197. The first-order valence-corrected chi connectivity index (χ1v) is 14.0. The predicted octanol–water partition coefficient (Wildman–Crippen LogP) is 5.69. The van der Waals surface area contributed by atoms with Crippen LogP contribution in [0.25, 0.3) is 44.7 Å². The highest BCUT2D eigenvalue weighted by molar-refractivity contribution is 5.99. The molecule has 0 saturated heterocycles. The maximum atomic E-state index is 12.1. The fraction of sp³-hybridized carbons (Fsp3) is 0.281. The molecular weight excluding hydrogens is 514 g/mol. The summed E-state index contributed by atoms with van der Waals surface area (Å²) in [6.45, 7) is 7.46. The lowest BCUT2D eigenvalue weighted by Gasteiger charge is -2.19. The number of aromatic nitrogens is 4. The average Bonchev–Trinajstić information content (AvgIpc) is 3.62. The van der Waals surface area contributed by atoms with E-state index in [-0.39, 0.29) is 12.6 Å². The zero-order valence-electron chi connectivity index (χ0n) is 24.1. The minimum atomic E-state index is -0.171. The fourth-order valence-corrected chi connectivity index (χ4v) is 4.90. The van der Waals surface area contributed by atoms with Gasteiger partial charge in [-0.05, 0) is 54.4 Å². The molecule has 9 nitrogen and oxygen atoms in total. The number of pyridine rings is 1. The number of aliphatic hydroxyl groups excluding tert-OH is 1. The first-order chi connectivity index (χ1) is 19.9. The van der Waals surface area contributed by atoms with Gasteiger partial charge in [-0.15, -0.1) is 0 Å². The van der Waals surface area contributed by atoms with Crippen LogP contribution in [0.3, 0.4) is 0 Å². The highest BCUT2D eigenvalue weighted by Gasteiger charge is 2.18. The quantitative estimate of drug-likeness (QED) is 0.207. The number of likely N-dealkylation sites (N-methyl/N-ethyl adjacent to an activating group) is 1. The molecule has 0 spiro atoms. The molecule has 3 N–H and O–H groups in total.